The summed E-state index contributed by atoms with van der Waals surface area (Å²) in [4.78, 5) is 35.8. The predicted molar refractivity (Wildman–Crippen MR) is 108 cm³/mol. The minimum absolute atomic E-state index is 0.207. The summed E-state index contributed by atoms with van der Waals surface area (Å²) in [5.41, 5.74) is 3.55. The van der Waals surface area contributed by atoms with Crippen LogP contribution in [-0.2, 0) is 9.59 Å². The highest BCUT2D eigenvalue weighted by atomic mass is 32.2. The number of hydrogen-bond donors (Lipinski definition) is 2. The zero-order valence-corrected chi connectivity index (χ0v) is 16.0. The Balaban J connectivity index is 1.73. The van der Waals surface area contributed by atoms with Gasteiger partial charge in [0.2, 0.25) is 0 Å². The largest absolute Gasteiger partial charge is 0.482 e. The first-order valence-corrected chi connectivity index (χ1v) is 9.25. The van der Waals surface area contributed by atoms with E-state index < -0.39 is 24.4 Å². The van der Waals surface area contributed by atoms with E-state index in [0.29, 0.717) is 21.8 Å². The van der Waals surface area contributed by atoms with Crippen molar-refractivity contribution < 1.29 is 24.2 Å². The van der Waals surface area contributed by atoms with Crippen LogP contribution in [0.15, 0.2) is 59.5 Å². The first kappa shape index (κ1) is 19.6. The van der Waals surface area contributed by atoms with Crippen molar-refractivity contribution in [3.8, 4) is 5.75 Å². The normalized spacial score (nSPS) is 15.0. The highest BCUT2D eigenvalue weighted by Gasteiger charge is 2.33. The average molecular weight is 414 g/mol. The van der Waals surface area contributed by atoms with Crippen molar-refractivity contribution in [3.05, 3.63) is 70.6 Å². The lowest BCUT2D eigenvalue weighted by Crippen LogP contribution is -2.44. The molecule has 7 nitrogen and oxygen atoms in total. The summed E-state index contributed by atoms with van der Waals surface area (Å²) in [6, 6.07) is 15.1. The van der Waals surface area contributed by atoms with Crippen LogP contribution in [0.3, 0.4) is 0 Å². The SMILES string of the molecule is O=C(O)COc1cccc(/C=C2/SC(=S)N(NC(=O)c3ccccc3)C2=O)c1. The highest BCUT2D eigenvalue weighted by molar-refractivity contribution is 8.26. The highest BCUT2D eigenvalue weighted by Crippen LogP contribution is 2.32. The summed E-state index contributed by atoms with van der Waals surface area (Å²) in [5, 5.41) is 9.72. The Morgan fingerprint density at radius 3 is 2.64 bits per heavy atom. The summed E-state index contributed by atoms with van der Waals surface area (Å²) in [7, 11) is 0. The molecule has 2 amide bonds. The number of hydrazine groups is 1. The van der Waals surface area contributed by atoms with E-state index >= 15 is 0 Å². The van der Waals surface area contributed by atoms with Crippen LogP contribution in [0.25, 0.3) is 6.08 Å². The lowest BCUT2D eigenvalue weighted by atomic mass is 10.2. The van der Waals surface area contributed by atoms with Gasteiger partial charge in [-0.05, 0) is 48.1 Å². The van der Waals surface area contributed by atoms with Crippen molar-refractivity contribution >= 4 is 52.2 Å². The van der Waals surface area contributed by atoms with E-state index in [1.165, 1.54) is 0 Å². The number of thiocarbonyl (C=S) groups is 1. The van der Waals surface area contributed by atoms with Gasteiger partial charge in [-0.25, -0.2) is 4.79 Å². The van der Waals surface area contributed by atoms with Gasteiger partial charge in [0, 0.05) is 5.56 Å². The number of carboxylic acid groups (broad SMARTS) is 1. The number of aliphatic carboxylic acids is 1. The molecule has 1 saturated heterocycles. The lowest BCUT2D eigenvalue weighted by Gasteiger charge is -2.15. The molecule has 1 fully saturated rings. The predicted octanol–water partition coefficient (Wildman–Crippen LogP) is 2.70. The van der Waals surface area contributed by atoms with Crippen molar-refractivity contribution in [2.45, 2.75) is 0 Å². The topological polar surface area (TPSA) is 95.9 Å². The van der Waals surface area contributed by atoms with Gasteiger partial charge in [-0.2, -0.15) is 5.01 Å². The zero-order valence-electron chi connectivity index (χ0n) is 14.3. The molecule has 28 heavy (non-hydrogen) atoms. The molecule has 3 rings (SSSR count). The second kappa shape index (κ2) is 8.68. The Morgan fingerprint density at radius 2 is 1.93 bits per heavy atom. The van der Waals surface area contributed by atoms with Crippen LogP contribution in [0.1, 0.15) is 15.9 Å². The van der Waals surface area contributed by atoms with Crippen molar-refractivity contribution in [2.75, 3.05) is 6.61 Å². The van der Waals surface area contributed by atoms with Crippen LogP contribution in [-0.4, -0.2) is 38.8 Å². The van der Waals surface area contributed by atoms with E-state index in [1.807, 2.05) is 0 Å². The number of amides is 2. The molecule has 1 aliphatic rings. The third-order valence-corrected chi connectivity index (χ3v) is 4.86. The molecule has 142 valence electrons. The smallest absolute Gasteiger partial charge is 0.341 e. The van der Waals surface area contributed by atoms with Crippen molar-refractivity contribution in [3.63, 3.8) is 0 Å². The maximum Gasteiger partial charge on any atom is 0.341 e. The fourth-order valence-corrected chi connectivity index (χ4v) is 3.49. The fraction of sp³-hybridized carbons (Fsp3) is 0.0526. The van der Waals surface area contributed by atoms with Crippen LogP contribution in [0.4, 0.5) is 0 Å². The van der Waals surface area contributed by atoms with Gasteiger partial charge < -0.3 is 9.84 Å². The average Bonchev–Trinajstić information content (AvgIpc) is 2.94. The molecule has 0 bridgehead atoms. The van der Waals surface area contributed by atoms with E-state index in [9.17, 15) is 14.4 Å². The Bertz CT molecular complexity index is 975. The van der Waals surface area contributed by atoms with Crippen LogP contribution in [0.2, 0.25) is 0 Å². The van der Waals surface area contributed by atoms with Gasteiger partial charge in [0.15, 0.2) is 10.9 Å². The van der Waals surface area contributed by atoms with Crippen molar-refractivity contribution in [2.24, 2.45) is 0 Å². The number of ether oxygens (including phenoxy) is 1. The molecule has 0 aliphatic carbocycles. The molecule has 0 spiro atoms. The monoisotopic (exact) mass is 414 g/mol. The zero-order chi connectivity index (χ0) is 20.1. The number of carbonyl (C=O) groups excluding carboxylic acids is 2. The Labute approximate surface area is 170 Å². The Morgan fingerprint density at radius 1 is 1.18 bits per heavy atom. The van der Waals surface area contributed by atoms with Gasteiger partial charge in [-0.3, -0.25) is 15.0 Å². The van der Waals surface area contributed by atoms with Gasteiger partial charge in [-0.1, -0.05) is 42.1 Å². The fourth-order valence-electron chi connectivity index (χ4n) is 2.31. The summed E-state index contributed by atoms with van der Waals surface area (Å²) >= 11 is 6.25. The lowest BCUT2D eigenvalue weighted by molar-refractivity contribution is -0.139. The van der Waals surface area contributed by atoms with Crippen molar-refractivity contribution in [1.29, 1.82) is 0 Å². The van der Waals surface area contributed by atoms with Gasteiger partial charge in [0.1, 0.15) is 5.75 Å². The number of benzene rings is 2. The van der Waals surface area contributed by atoms with Crippen molar-refractivity contribution in [1.82, 2.24) is 10.4 Å². The minimum Gasteiger partial charge on any atom is -0.482 e. The van der Waals surface area contributed by atoms with E-state index in [1.54, 1.807) is 60.7 Å². The van der Waals surface area contributed by atoms with E-state index in [4.69, 9.17) is 22.1 Å². The quantitative estimate of drug-likeness (QED) is 0.554. The van der Waals surface area contributed by atoms with E-state index in [0.717, 1.165) is 16.8 Å². The van der Waals surface area contributed by atoms with Crippen LogP contribution in [0.5, 0.6) is 5.75 Å². The third-order valence-electron chi connectivity index (χ3n) is 3.56. The summed E-state index contributed by atoms with van der Waals surface area (Å²) in [6.07, 6.45) is 1.60. The molecule has 2 aromatic carbocycles. The number of nitrogens with one attached hydrogen (secondary N) is 1. The number of rotatable bonds is 6. The maximum absolute atomic E-state index is 12.6. The number of hydrogen-bond acceptors (Lipinski definition) is 6. The van der Waals surface area contributed by atoms with Gasteiger partial charge in [0.05, 0.1) is 4.91 Å². The van der Waals surface area contributed by atoms with Gasteiger partial charge in [-0.15, -0.1) is 0 Å². The molecule has 2 N–H and O–H groups in total. The van der Waals surface area contributed by atoms with E-state index in [2.05, 4.69) is 5.43 Å². The Hall–Kier alpha value is -3.17. The number of carboxylic acids is 1. The first-order chi connectivity index (χ1) is 13.4. The second-order valence-corrected chi connectivity index (χ2v) is 7.25. The number of nitrogens with zero attached hydrogens (tertiary/aromatic N) is 1. The molecule has 1 heterocycles. The third kappa shape index (κ3) is 4.76. The summed E-state index contributed by atoms with van der Waals surface area (Å²) < 4.78 is 5.34. The molecule has 0 saturated carbocycles. The van der Waals surface area contributed by atoms with Crippen LogP contribution >= 0.6 is 24.0 Å². The minimum atomic E-state index is -1.08. The molecular weight excluding hydrogens is 400 g/mol. The molecule has 9 heteroatoms. The Kier molecular flexibility index (Phi) is 6.07. The molecule has 0 atom stereocenters. The van der Waals surface area contributed by atoms with Crippen LogP contribution in [0, 0.1) is 0 Å². The molecular formula is C19H14N2O5S2. The second-order valence-electron chi connectivity index (χ2n) is 5.58. The summed E-state index contributed by atoms with van der Waals surface area (Å²) in [5.74, 6) is -1.61. The van der Waals surface area contributed by atoms with Gasteiger partial charge >= 0.3 is 5.97 Å². The molecule has 2 aromatic rings. The number of thioether (sulfide) groups is 1. The van der Waals surface area contributed by atoms with E-state index in [-0.39, 0.29) is 4.32 Å². The standard InChI is InChI=1S/C19H14N2O5S2/c22-16(23)11-26-14-8-4-5-12(9-14)10-15-18(25)21(19(27)28-15)20-17(24)13-6-2-1-3-7-13/h1-10H,11H2,(H,20,24)(H,22,23)/b15-10+. The van der Waals surface area contributed by atoms with Gasteiger partial charge in [0.25, 0.3) is 11.8 Å². The number of carbonyl (C=O) groups is 3. The molecule has 0 radical (unpaired) electrons. The summed E-state index contributed by atoms with van der Waals surface area (Å²) in [6.45, 7) is -0.461. The van der Waals surface area contributed by atoms with Crippen LogP contribution < -0.4 is 10.2 Å². The first-order valence-electron chi connectivity index (χ1n) is 8.02. The molecule has 0 unspecified atom stereocenters. The molecule has 0 aromatic heterocycles. The molecule has 1 aliphatic heterocycles. The maximum atomic E-state index is 12.6.